The minimum Gasteiger partial charge on any atom is -0.289 e. The number of nitrogens with zero attached hydrogens (tertiary/aromatic N) is 1. The van der Waals surface area contributed by atoms with Gasteiger partial charge in [-0.05, 0) is 23.8 Å². The zero-order valence-electron chi connectivity index (χ0n) is 11.2. The highest BCUT2D eigenvalue weighted by molar-refractivity contribution is 8.02. The van der Waals surface area contributed by atoms with Crippen LogP contribution in [-0.4, -0.2) is 16.1 Å². The van der Waals surface area contributed by atoms with Crippen LogP contribution in [0.1, 0.15) is 10.8 Å². The van der Waals surface area contributed by atoms with E-state index in [1.165, 1.54) is 23.1 Å². The number of thioether (sulfide) groups is 1. The molecule has 1 atom stereocenters. The molecule has 0 bridgehead atoms. The van der Waals surface area contributed by atoms with Crippen molar-refractivity contribution in [1.29, 1.82) is 0 Å². The standard InChI is InChI=1S/C15H11ClN2O2S2/c16-10-6-7-12-11(8-10)17-15(21-12)22-13(14(19)18-20)9-4-2-1-3-5-9/h1-8,13,20H,(H,18,19). The van der Waals surface area contributed by atoms with Gasteiger partial charge in [0.15, 0.2) is 4.34 Å². The minimum absolute atomic E-state index is 0.478. The Morgan fingerprint density at radius 2 is 2.05 bits per heavy atom. The number of carbonyl (C=O) groups is 1. The second-order valence-electron chi connectivity index (χ2n) is 4.48. The van der Waals surface area contributed by atoms with Gasteiger partial charge in [0.1, 0.15) is 5.25 Å². The van der Waals surface area contributed by atoms with Gasteiger partial charge in [-0.1, -0.05) is 53.7 Å². The molecule has 1 unspecified atom stereocenters. The van der Waals surface area contributed by atoms with Crippen LogP contribution in [0.5, 0.6) is 0 Å². The predicted molar refractivity (Wildman–Crippen MR) is 89.6 cm³/mol. The largest absolute Gasteiger partial charge is 0.289 e. The van der Waals surface area contributed by atoms with Crippen LogP contribution in [0.15, 0.2) is 52.9 Å². The average molecular weight is 351 g/mol. The van der Waals surface area contributed by atoms with Gasteiger partial charge in [-0.3, -0.25) is 10.0 Å². The van der Waals surface area contributed by atoms with Gasteiger partial charge >= 0.3 is 0 Å². The van der Waals surface area contributed by atoms with Gasteiger partial charge in [-0.2, -0.15) is 0 Å². The lowest BCUT2D eigenvalue weighted by atomic mass is 10.1. The maximum Gasteiger partial charge on any atom is 0.261 e. The van der Waals surface area contributed by atoms with Crippen LogP contribution in [-0.2, 0) is 4.79 Å². The second kappa shape index (κ2) is 6.66. The lowest BCUT2D eigenvalue weighted by Crippen LogP contribution is -2.24. The molecule has 3 rings (SSSR count). The first kappa shape index (κ1) is 15.3. The van der Waals surface area contributed by atoms with Crippen molar-refractivity contribution >= 4 is 50.8 Å². The SMILES string of the molecule is O=C(NO)C(Sc1nc2cc(Cl)ccc2s1)c1ccccc1. The van der Waals surface area contributed by atoms with Gasteiger partial charge in [0, 0.05) is 5.02 Å². The van der Waals surface area contributed by atoms with Crippen LogP contribution in [0.3, 0.4) is 0 Å². The van der Waals surface area contributed by atoms with E-state index in [2.05, 4.69) is 4.98 Å². The highest BCUT2D eigenvalue weighted by Crippen LogP contribution is 2.39. The Hall–Kier alpha value is -1.60. The summed E-state index contributed by atoms with van der Waals surface area (Å²) < 4.78 is 1.75. The first-order valence-corrected chi connectivity index (χ1v) is 8.46. The number of carbonyl (C=O) groups excluding carboxylic acids is 1. The Kier molecular flexibility index (Phi) is 4.63. The molecule has 1 heterocycles. The predicted octanol–water partition coefficient (Wildman–Crippen LogP) is 4.29. The van der Waals surface area contributed by atoms with Gasteiger partial charge in [-0.15, -0.1) is 11.3 Å². The summed E-state index contributed by atoms with van der Waals surface area (Å²) in [5, 5.41) is 9.03. The van der Waals surface area contributed by atoms with E-state index in [4.69, 9.17) is 16.8 Å². The summed E-state index contributed by atoms with van der Waals surface area (Å²) in [5.41, 5.74) is 3.33. The van der Waals surface area contributed by atoms with Crippen LogP contribution in [0.4, 0.5) is 0 Å². The monoisotopic (exact) mass is 350 g/mol. The number of benzene rings is 2. The molecule has 0 saturated carbocycles. The van der Waals surface area contributed by atoms with Crippen LogP contribution in [0.2, 0.25) is 5.02 Å². The van der Waals surface area contributed by atoms with Gasteiger partial charge < -0.3 is 0 Å². The molecular weight excluding hydrogens is 340 g/mol. The van der Waals surface area contributed by atoms with Crippen LogP contribution in [0.25, 0.3) is 10.2 Å². The van der Waals surface area contributed by atoms with Gasteiger partial charge in [0.2, 0.25) is 0 Å². The molecule has 2 N–H and O–H groups in total. The Morgan fingerprint density at radius 3 is 2.77 bits per heavy atom. The fourth-order valence-corrected chi connectivity index (χ4v) is 4.39. The fourth-order valence-electron chi connectivity index (χ4n) is 1.99. The van der Waals surface area contributed by atoms with E-state index in [-0.39, 0.29) is 0 Å². The van der Waals surface area contributed by atoms with E-state index in [9.17, 15) is 4.79 Å². The van der Waals surface area contributed by atoms with Gasteiger partial charge in [-0.25, -0.2) is 10.5 Å². The summed E-state index contributed by atoms with van der Waals surface area (Å²) in [7, 11) is 0. The molecule has 0 aliphatic carbocycles. The highest BCUT2D eigenvalue weighted by Gasteiger charge is 2.23. The third kappa shape index (κ3) is 3.25. The van der Waals surface area contributed by atoms with E-state index >= 15 is 0 Å². The molecule has 0 radical (unpaired) electrons. The summed E-state index contributed by atoms with van der Waals surface area (Å²) >= 11 is 8.75. The molecule has 0 aliphatic rings. The number of hydroxylamine groups is 1. The van der Waals surface area contributed by atoms with Crippen LogP contribution >= 0.6 is 34.7 Å². The summed E-state index contributed by atoms with van der Waals surface area (Å²) in [6.45, 7) is 0. The number of nitrogens with one attached hydrogen (secondary N) is 1. The maximum absolute atomic E-state index is 12.0. The van der Waals surface area contributed by atoms with Crippen molar-refractivity contribution in [3.63, 3.8) is 0 Å². The van der Waals surface area contributed by atoms with Crippen LogP contribution in [0, 0.1) is 0 Å². The lowest BCUT2D eigenvalue weighted by Gasteiger charge is -2.12. The third-order valence-electron chi connectivity index (χ3n) is 3.00. The molecule has 1 aromatic heterocycles. The number of fused-ring (bicyclic) bond motifs is 1. The number of aromatic nitrogens is 1. The summed E-state index contributed by atoms with van der Waals surface area (Å²) in [5.74, 6) is -0.478. The lowest BCUT2D eigenvalue weighted by molar-refractivity contribution is -0.128. The first-order chi connectivity index (χ1) is 10.7. The normalized spacial score (nSPS) is 12.3. The Morgan fingerprint density at radius 1 is 1.27 bits per heavy atom. The topological polar surface area (TPSA) is 62.2 Å². The first-order valence-electron chi connectivity index (χ1n) is 6.39. The minimum atomic E-state index is -0.567. The summed E-state index contributed by atoms with van der Waals surface area (Å²) in [4.78, 5) is 16.5. The van der Waals surface area contributed by atoms with E-state index in [0.717, 1.165) is 20.1 Å². The molecule has 0 spiro atoms. The smallest absolute Gasteiger partial charge is 0.261 e. The zero-order valence-corrected chi connectivity index (χ0v) is 13.6. The molecule has 0 saturated heterocycles. The van der Waals surface area contributed by atoms with Gasteiger partial charge in [0.25, 0.3) is 5.91 Å². The van der Waals surface area contributed by atoms with Crippen LogP contribution < -0.4 is 5.48 Å². The second-order valence-corrected chi connectivity index (χ2v) is 7.30. The quantitative estimate of drug-likeness (QED) is 0.418. The van der Waals surface area contributed by atoms with Crippen molar-refractivity contribution in [3.8, 4) is 0 Å². The number of hydrogen-bond acceptors (Lipinski definition) is 5. The maximum atomic E-state index is 12.0. The number of thiazole rings is 1. The van der Waals surface area contributed by atoms with Crippen molar-refractivity contribution in [2.45, 2.75) is 9.59 Å². The molecule has 1 amide bonds. The number of rotatable bonds is 4. The molecule has 0 aliphatic heterocycles. The van der Waals surface area contributed by atoms with Gasteiger partial charge in [0.05, 0.1) is 10.2 Å². The van der Waals surface area contributed by atoms with E-state index in [0.29, 0.717) is 5.02 Å². The third-order valence-corrected chi connectivity index (χ3v) is 5.62. The summed E-state index contributed by atoms with van der Waals surface area (Å²) in [6, 6.07) is 14.8. The van der Waals surface area contributed by atoms with Crippen molar-refractivity contribution in [1.82, 2.24) is 10.5 Å². The van der Waals surface area contributed by atoms with Crippen molar-refractivity contribution in [3.05, 3.63) is 59.1 Å². The number of hydrogen-bond donors (Lipinski definition) is 2. The molecule has 22 heavy (non-hydrogen) atoms. The summed E-state index contributed by atoms with van der Waals surface area (Å²) in [6.07, 6.45) is 0. The van der Waals surface area contributed by atoms with E-state index in [1.54, 1.807) is 11.5 Å². The fraction of sp³-hybridized carbons (Fsp3) is 0.0667. The van der Waals surface area contributed by atoms with Crippen molar-refractivity contribution in [2.24, 2.45) is 0 Å². The molecule has 2 aromatic carbocycles. The van der Waals surface area contributed by atoms with Crippen molar-refractivity contribution in [2.75, 3.05) is 0 Å². The molecule has 7 heteroatoms. The number of halogens is 1. The molecule has 0 fully saturated rings. The molecule has 3 aromatic rings. The molecule has 4 nitrogen and oxygen atoms in total. The Labute approximate surface area is 140 Å². The average Bonchev–Trinajstić information content (AvgIpc) is 2.94. The molecular formula is C15H11ClN2O2S2. The highest BCUT2D eigenvalue weighted by atomic mass is 35.5. The zero-order chi connectivity index (χ0) is 15.5. The van der Waals surface area contributed by atoms with E-state index in [1.807, 2.05) is 42.5 Å². The molecule has 112 valence electrons. The van der Waals surface area contributed by atoms with E-state index < -0.39 is 11.2 Å². The Bertz CT molecular complexity index is 808. The number of amides is 1. The Balaban J connectivity index is 1.93. The van der Waals surface area contributed by atoms with Crippen molar-refractivity contribution < 1.29 is 10.0 Å².